The van der Waals surface area contributed by atoms with Crippen LogP contribution in [0.2, 0.25) is 0 Å². The molecule has 0 aliphatic carbocycles. The Bertz CT molecular complexity index is 139. The first-order valence-corrected chi connectivity index (χ1v) is 5.70. The molecule has 0 fully saturated rings. The summed E-state index contributed by atoms with van der Waals surface area (Å²) in [4.78, 5) is 0. The molecule has 0 rings (SSSR count). The molecule has 0 spiro atoms. The molecule has 0 aliphatic rings. The zero-order valence-corrected chi connectivity index (χ0v) is 10.2. The Hall–Kier alpha value is -0.420. The van der Waals surface area contributed by atoms with Crippen LogP contribution in [0.25, 0.3) is 0 Å². The van der Waals surface area contributed by atoms with E-state index in [0.717, 1.165) is 6.42 Å². The molecule has 0 aromatic rings. The van der Waals surface area contributed by atoms with Crippen molar-refractivity contribution in [3.05, 3.63) is 12.7 Å². The Morgan fingerprint density at radius 2 is 1.56 bits per heavy atom. The van der Waals surface area contributed by atoms with Gasteiger partial charge in [0.1, 0.15) is 0 Å². The van der Waals surface area contributed by atoms with Crippen LogP contribution in [0.5, 0.6) is 0 Å². The summed E-state index contributed by atoms with van der Waals surface area (Å²) in [6.07, 6.45) is 3.92. The van der Waals surface area contributed by atoms with E-state index in [0.29, 0.717) is 12.8 Å². The van der Waals surface area contributed by atoms with Crippen LogP contribution in [0.4, 0.5) is 0 Å². The fourth-order valence-electron chi connectivity index (χ4n) is 1.01. The summed E-state index contributed by atoms with van der Waals surface area (Å²) in [6, 6.07) is 0. The van der Waals surface area contributed by atoms with Crippen LogP contribution in [0, 0.1) is 11.8 Å². The highest BCUT2D eigenvalue weighted by molar-refractivity contribution is 4.72. The van der Waals surface area contributed by atoms with Crippen LogP contribution in [-0.4, -0.2) is 46.9 Å². The molecular weight excluding hydrogens is 208 g/mol. The Labute approximate surface area is 98.2 Å². The monoisotopic (exact) mass is 234 g/mol. The van der Waals surface area contributed by atoms with Crippen molar-refractivity contribution >= 4 is 0 Å². The molecule has 0 saturated heterocycles. The molecule has 0 aliphatic heterocycles. The topological polar surface area (TPSA) is 80.9 Å². The second-order valence-electron chi connectivity index (χ2n) is 3.89. The van der Waals surface area contributed by atoms with E-state index >= 15 is 0 Å². The van der Waals surface area contributed by atoms with Crippen LogP contribution in [0.1, 0.15) is 26.2 Å². The van der Waals surface area contributed by atoms with Crippen LogP contribution >= 0.6 is 0 Å². The Balaban J connectivity index is 0. The zero-order valence-electron chi connectivity index (χ0n) is 10.2. The van der Waals surface area contributed by atoms with Gasteiger partial charge in [-0.1, -0.05) is 13.0 Å². The van der Waals surface area contributed by atoms with Gasteiger partial charge in [0.05, 0.1) is 0 Å². The number of rotatable bonds is 8. The Morgan fingerprint density at radius 1 is 1.00 bits per heavy atom. The first-order valence-electron chi connectivity index (χ1n) is 5.70. The van der Waals surface area contributed by atoms with Gasteiger partial charge in [-0.2, -0.15) is 0 Å². The van der Waals surface area contributed by atoms with E-state index < -0.39 is 0 Å². The number of hydrogen-bond acceptors (Lipinski definition) is 4. The number of allylic oxidation sites excluding steroid dienone is 1. The summed E-state index contributed by atoms with van der Waals surface area (Å²) >= 11 is 0. The van der Waals surface area contributed by atoms with Gasteiger partial charge >= 0.3 is 0 Å². The van der Waals surface area contributed by atoms with Crippen molar-refractivity contribution in [1.29, 1.82) is 0 Å². The second-order valence-corrected chi connectivity index (χ2v) is 3.89. The first-order chi connectivity index (χ1) is 7.65. The second kappa shape index (κ2) is 14.6. The van der Waals surface area contributed by atoms with Gasteiger partial charge in [0.25, 0.3) is 0 Å². The maximum atomic E-state index is 8.63. The predicted molar refractivity (Wildman–Crippen MR) is 65.0 cm³/mol. The lowest BCUT2D eigenvalue weighted by atomic mass is 10.0. The fourth-order valence-corrected chi connectivity index (χ4v) is 1.01. The van der Waals surface area contributed by atoms with E-state index in [2.05, 4.69) is 6.58 Å². The molecule has 4 heteroatoms. The van der Waals surface area contributed by atoms with Gasteiger partial charge in [-0.15, -0.1) is 6.58 Å². The van der Waals surface area contributed by atoms with E-state index in [-0.39, 0.29) is 38.3 Å². The molecule has 16 heavy (non-hydrogen) atoms. The third-order valence-electron chi connectivity index (χ3n) is 2.23. The number of aliphatic hydroxyl groups excluding tert-OH is 4. The third kappa shape index (κ3) is 13.6. The molecule has 0 bridgehead atoms. The maximum absolute atomic E-state index is 8.63. The minimum Gasteiger partial charge on any atom is -0.396 e. The van der Waals surface area contributed by atoms with Crippen molar-refractivity contribution in [3.63, 3.8) is 0 Å². The summed E-state index contributed by atoms with van der Waals surface area (Å²) < 4.78 is 0. The largest absolute Gasteiger partial charge is 0.396 e. The SMILES string of the molecule is C=CCC(CO)CCO.CC(CO)CCO. The standard InChI is InChI=1S/C7H14O2.C5H12O2/c1-2-3-7(6-9)4-5-8;1-5(4-7)2-3-6/h2,7-9H,1,3-6H2;5-7H,2-4H2,1H3. The van der Waals surface area contributed by atoms with Crippen LogP contribution < -0.4 is 0 Å². The number of hydrogen-bond donors (Lipinski definition) is 4. The summed E-state index contributed by atoms with van der Waals surface area (Å²) in [5.74, 6) is 0.456. The maximum Gasteiger partial charge on any atom is 0.0463 e. The summed E-state index contributed by atoms with van der Waals surface area (Å²) in [7, 11) is 0. The molecule has 4 N–H and O–H groups in total. The quantitative estimate of drug-likeness (QED) is 0.462. The Kier molecular flexibility index (Phi) is 16.4. The van der Waals surface area contributed by atoms with Crippen molar-refractivity contribution in [1.82, 2.24) is 0 Å². The van der Waals surface area contributed by atoms with Gasteiger partial charge in [-0.3, -0.25) is 0 Å². The molecule has 4 nitrogen and oxygen atoms in total. The molecule has 0 heterocycles. The molecule has 0 aromatic heterocycles. The Morgan fingerprint density at radius 3 is 1.81 bits per heavy atom. The van der Waals surface area contributed by atoms with Crippen molar-refractivity contribution in [2.45, 2.75) is 26.2 Å². The first kappa shape index (κ1) is 18.0. The normalized spacial score (nSPS) is 13.6. The van der Waals surface area contributed by atoms with Gasteiger partial charge in [0, 0.05) is 26.4 Å². The van der Waals surface area contributed by atoms with Gasteiger partial charge in [0.2, 0.25) is 0 Å². The minimum atomic E-state index is 0.145. The van der Waals surface area contributed by atoms with E-state index in [1.165, 1.54) is 0 Å². The average Bonchev–Trinajstić information content (AvgIpc) is 2.30. The molecule has 98 valence electrons. The van der Waals surface area contributed by atoms with E-state index in [1.54, 1.807) is 6.08 Å². The fraction of sp³-hybridized carbons (Fsp3) is 0.833. The van der Waals surface area contributed by atoms with Gasteiger partial charge < -0.3 is 20.4 Å². The minimum absolute atomic E-state index is 0.145. The third-order valence-corrected chi connectivity index (χ3v) is 2.23. The summed E-state index contributed by atoms with van der Waals surface area (Å²) in [6.45, 7) is 6.10. The highest BCUT2D eigenvalue weighted by atomic mass is 16.3. The van der Waals surface area contributed by atoms with E-state index in [4.69, 9.17) is 20.4 Å². The van der Waals surface area contributed by atoms with Crippen molar-refractivity contribution in [3.8, 4) is 0 Å². The van der Waals surface area contributed by atoms with Crippen molar-refractivity contribution < 1.29 is 20.4 Å². The van der Waals surface area contributed by atoms with Crippen LogP contribution in [-0.2, 0) is 0 Å². The van der Waals surface area contributed by atoms with Crippen molar-refractivity contribution in [2.24, 2.45) is 11.8 Å². The highest BCUT2D eigenvalue weighted by Crippen LogP contribution is 2.06. The highest BCUT2D eigenvalue weighted by Gasteiger charge is 2.02. The molecule has 0 amide bonds. The van der Waals surface area contributed by atoms with Crippen molar-refractivity contribution in [2.75, 3.05) is 26.4 Å². The molecule has 2 unspecified atom stereocenters. The van der Waals surface area contributed by atoms with E-state index in [1.807, 2.05) is 6.92 Å². The summed E-state index contributed by atoms with van der Waals surface area (Å²) in [5, 5.41) is 33.7. The molecule has 0 radical (unpaired) electrons. The molecule has 2 atom stereocenters. The van der Waals surface area contributed by atoms with Gasteiger partial charge in [-0.05, 0) is 31.1 Å². The smallest absolute Gasteiger partial charge is 0.0463 e. The zero-order chi connectivity index (χ0) is 12.8. The lowest BCUT2D eigenvalue weighted by Gasteiger charge is -2.07. The molecule has 0 aromatic carbocycles. The predicted octanol–water partition coefficient (Wildman–Crippen LogP) is 0.551. The molecule has 0 saturated carbocycles. The number of aliphatic hydroxyl groups is 4. The summed E-state index contributed by atoms with van der Waals surface area (Å²) in [5.41, 5.74) is 0. The lowest BCUT2D eigenvalue weighted by molar-refractivity contribution is 0.185. The van der Waals surface area contributed by atoms with Crippen LogP contribution in [0.3, 0.4) is 0 Å². The lowest BCUT2D eigenvalue weighted by Crippen LogP contribution is -2.06. The molecular formula is C12H26O4. The van der Waals surface area contributed by atoms with Gasteiger partial charge in [0.15, 0.2) is 0 Å². The van der Waals surface area contributed by atoms with E-state index in [9.17, 15) is 0 Å². The van der Waals surface area contributed by atoms with Crippen LogP contribution in [0.15, 0.2) is 12.7 Å². The average molecular weight is 234 g/mol. The van der Waals surface area contributed by atoms with Gasteiger partial charge in [-0.25, -0.2) is 0 Å².